The Bertz CT molecular complexity index is 1680. The lowest BCUT2D eigenvalue weighted by molar-refractivity contribution is -0.384. The van der Waals surface area contributed by atoms with Gasteiger partial charge in [-0.3, -0.25) is 19.8 Å². The molecule has 0 radical (unpaired) electrons. The van der Waals surface area contributed by atoms with E-state index < -0.39 is 10.8 Å². The molecule has 1 aliphatic carbocycles. The van der Waals surface area contributed by atoms with Crippen molar-refractivity contribution in [2.24, 2.45) is 5.73 Å². The molecule has 0 fully saturated rings. The predicted octanol–water partition coefficient (Wildman–Crippen LogP) is 7.06. The zero-order chi connectivity index (χ0) is 29.4. The van der Waals surface area contributed by atoms with Gasteiger partial charge in [0.15, 0.2) is 5.78 Å². The Hall–Kier alpha value is -4.61. The molecular formula is C32H29ClN4O4. The molecule has 1 aliphatic heterocycles. The number of aryl methyl sites for hydroxylation is 2. The average molecular weight is 569 g/mol. The largest absolute Gasteiger partial charge is 0.489 e. The molecule has 1 atom stereocenters. The van der Waals surface area contributed by atoms with Crippen molar-refractivity contribution in [1.82, 2.24) is 0 Å². The van der Waals surface area contributed by atoms with Crippen LogP contribution in [0.15, 0.2) is 77.3 Å². The van der Waals surface area contributed by atoms with Gasteiger partial charge >= 0.3 is 0 Å². The summed E-state index contributed by atoms with van der Waals surface area (Å²) in [5.74, 6) is 0.188. The summed E-state index contributed by atoms with van der Waals surface area (Å²) in [6.45, 7) is 6.28. The van der Waals surface area contributed by atoms with E-state index in [1.54, 1.807) is 4.90 Å². The second kappa shape index (κ2) is 11.1. The number of benzene rings is 3. The molecule has 0 saturated heterocycles. The highest BCUT2D eigenvalue weighted by Crippen LogP contribution is 2.48. The van der Waals surface area contributed by atoms with Crippen LogP contribution in [0.25, 0.3) is 0 Å². The fourth-order valence-corrected chi connectivity index (χ4v) is 5.93. The Morgan fingerprint density at radius 1 is 1.10 bits per heavy atom. The normalized spacial score (nSPS) is 16.9. The first-order chi connectivity index (χ1) is 19.6. The molecule has 208 valence electrons. The van der Waals surface area contributed by atoms with Gasteiger partial charge in [0.05, 0.1) is 33.2 Å². The first-order valence-electron chi connectivity index (χ1n) is 13.3. The van der Waals surface area contributed by atoms with Crippen molar-refractivity contribution in [3.63, 3.8) is 0 Å². The van der Waals surface area contributed by atoms with Crippen molar-refractivity contribution in [2.45, 2.75) is 52.6 Å². The molecule has 0 saturated carbocycles. The molecule has 8 nitrogen and oxygen atoms in total. The Labute approximate surface area is 243 Å². The number of carbonyl (C=O) groups is 1. The molecule has 0 spiro atoms. The number of non-ortho nitro benzene ring substituents is 1. The monoisotopic (exact) mass is 568 g/mol. The van der Waals surface area contributed by atoms with E-state index in [1.807, 2.05) is 51.1 Å². The van der Waals surface area contributed by atoms with Crippen molar-refractivity contribution in [1.29, 1.82) is 5.26 Å². The van der Waals surface area contributed by atoms with Gasteiger partial charge in [0.1, 0.15) is 18.2 Å². The lowest BCUT2D eigenvalue weighted by Gasteiger charge is -2.40. The second-order valence-electron chi connectivity index (χ2n) is 10.4. The molecular weight excluding hydrogens is 540 g/mol. The average Bonchev–Trinajstić information content (AvgIpc) is 2.94. The number of ketones is 1. The summed E-state index contributed by atoms with van der Waals surface area (Å²) in [7, 11) is 0. The molecule has 0 amide bonds. The number of nitrogens with zero attached hydrogens (tertiary/aromatic N) is 3. The van der Waals surface area contributed by atoms with E-state index in [4.69, 9.17) is 22.1 Å². The van der Waals surface area contributed by atoms with Crippen LogP contribution >= 0.6 is 11.6 Å². The molecule has 1 unspecified atom stereocenters. The number of halogens is 1. The van der Waals surface area contributed by atoms with Gasteiger partial charge in [0.2, 0.25) is 0 Å². The third kappa shape index (κ3) is 5.17. The summed E-state index contributed by atoms with van der Waals surface area (Å²) in [5.41, 5.74) is 13.1. The Morgan fingerprint density at radius 2 is 1.83 bits per heavy atom. The first-order valence-corrected chi connectivity index (χ1v) is 13.7. The lowest BCUT2D eigenvalue weighted by Crippen LogP contribution is -2.39. The van der Waals surface area contributed by atoms with Crippen LogP contribution in [-0.2, 0) is 11.4 Å². The molecule has 0 aromatic heterocycles. The van der Waals surface area contributed by atoms with Crippen molar-refractivity contribution in [3.05, 3.63) is 120 Å². The highest BCUT2D eigenvalue weighted by Gasteiger charge is 2.41. The van der Waals surface area contributed by atoms with E-state index >= 15 is 0 Å². The number of nitriles is 1. The summed E-state index contributed by atoms with van der Waals surface area (Å²) < 4.78 is 6.09. The highest BCUT2D eigenvalue weighted by atomic mass is 35.5. The summed E-state index contributed by atoms with van der Waals surface area (Å²) in [6, 6.07) is 18.3. The maximum Gasteiger partial charge on any atom is 0.271 e. The molecule has 1 heterocycles. The van der Waals surface area contributed by atoms with Crippen LogP contribution < -0.4 is 15.4 Å². The Morgan fingerprint density at radius 3 is 2.49 bits per heavy atom. The van der Waals surface area contributed by atoms with Gasteiger partial charge in [-0.25, -0.2) is 0 Å². The topological polar surface area (TPSA) is 122 Å². The van der Waals surface area contributed by atoms with Crippen LogP contribution in [0.2, 0.25) is 5.02 Å². The van der Waals surface area contributed by atoms with E-state index in [0.717, 1.165) is 33.6 Å². The number of hydrogen-bond donors (Lipinski definition) is 1. The molecule has 41 heavy (non-hydrogen) atoms. The first kappa shape index (κ1) is 27.9. The number of ether oxygens (including phenoxy) is 1. The van der Waals surface area contributed by atoms with Crippen molar-refractivity contribution >= 4 is 28.8 Å². The minimum atomic E-state index is -0.658. The van der Waals surface area contributed by atoms with Crippen molar-refractivity contribution < 1.29 is 14.5 Å². The summed E-state index contributed by atoms with van der Waals surface area (Å²) >= 11 is 6.52. The van der Waals surface area contributed by atoms with Crippen LogP contribution in [0, 0.1) is 42.2 Å². The molecule has 3 aromatic rings. The number of allylic oxidation sites excluding steroid dienone is 3. The quantitative estimate of drug-likeness (QED) is 0.249. The van der Waals surface area contributed by atoms with Gasteiger partial charge < -0.3 is 10.5 Å². The number of nitro groups is 1. The molecule has 5 rings (SSSR count). The Kier molecular flexibility index (Phi) is 7.57. The third-order valence-electron chi connectivity index (χ3n) is 7.72. The van der Waals surface area contributed by atoms with Gasteiger partial charge in [-0.05, 0) is 68.5 Å². The molecule has 2 N–H and O–H groups in total. The smallest absolute Gasteiger partial charge is 0.271 e. The predicted molar refractivity (Wildman–Crippen MR) is 157 cm³/mol. The minimum absolute atomic E-state index is 0.0575. The van der Waals surface area contributed by atoms with Gasteiger partial charge in [-0.2, -0.15) is 5.26 Å². The number of hydrogen-bond acceptors (Lipinski definition) is 7. The fourth-order valence-electron chi connectivity index (χ4n) is 5.67. The number of carbonyl (C=O) groups excluding carboxylic acids is 1. The SMILES string of the molecule is Cc1ccc(OCc2cc(C)cc(C3C(C#N)=C(N)N(c4ccc([N+](=O)[O-])cc4Cl)C4=C3C(=O)CCC4)c2C)cc1. The number of anilines is 1. The lowest BCUT2D eigenvalue weighted by atomic mass is 9.73. The minimum Gasteiger partial charge on any atom is -0.489 e. The van der Waals surface area contributed by atoms with E-state index in [-0.39, 0.29) is 27.9 Å². The maximum absolute atomic E-state index is 13.6. The van der Waals surface area contributed by atoms with Gasteiger partial charge in [0, 0.05) is 29.8 Å². The standard InChI is InChI=1S/C32H29ClN4O4/c1-18-7-10-23(11-8-18)41-17-21-13-19(2)14-24(20(21)3)30-25(16-34)32(35)36(28-5-4-6-29(38)31(28)30)27-12-9-22(37(39)40)15-26(27)33/h7-15,30H,4-6,17,35H2,1-3H3. The number of rotatable bonds is 6. The van der Waals surface area contributed by atoms with Crippen molar-refractivity contribution in [2.75, 3.05) is 4.90 Å². The van der Waals surface area contributed by atoms with E-state index in [9.17, 15) is 20.2 Å². The molecule has 2 aliphatic rings. The van der Waals surface area contributed by atoms with E-state index in [0.29, 0.717) is 42.8 Å². The van der Waals surface area contributed by atoms with Crippen LogP contribution in [0.1, 0.15) is 53.0 Å². The van der Waals surface area contributed by atoms with Crippen molar-refractivity contribution in [3.8, 4) is 11.8 Å². The summed E-state index contributed by atoms with van der Waals surface area (Å²) in [6.07, 6.45) is 1.51. The zero-order valence-corrected chi connectivity index (χ0v) is 23.8. The fraction of sp³-hybridized carbons (Fsp3) is 0.250. The highest BCUT2D eigenvalue weighted by molar-refractivity contribution is 6.33. The maximum atomic E-state index is 13.6. The molecule has 9 heteroatoms. The summed E-state index contributed by atoms with van der Waals surface area (Å²) in [5, 5.41) is 21.8. The zero-order valence-electron chi connectivity index (χ0n) is 23.0. The molecule has 0 bridgehead atoms. The van der Waals surface area contributed by atoms with Crippen LogP contribution in [0.5, 0.6) is 5.75 Å². The van der Waals surface area contributed by atoms with Gasteiger partial charge in [0.25, 0.3) is 5.69 Å². The van der Waals surface area contributed by atoms with Gasteiger partial charge in [-0.15, -0.1) is 0 Å². The number of nitrogens with two attached hydrogens (primary N) is 1. The van der Waals surface area contributed by atoms with Crippen LogP contribution in [0.3, 0.4) is 0 Å². The Balaban J connectivity index is 1.64. The second-order valence-corrected chi connectivity index (χ2v) is 10.9. The number of Topliss-reactive ketones (excluding diaryl/α,β-unsaturated/α-hetero) is 1. The molecule has 3 aromatic carbocycles. The van der Waals surface area contributed by atoms with Crippen LogP contribution in [0.4, 0.5) is 11.4 Å². The third-order valence-corrected chi connectivity index (χ3v) is 8.03. The van der Waals surface area contributed by atoms with Crippen LogP contribution in [-0.4, -0.2) is 10.7 Å². The van der Waals surface area contributed by atoms with E-state index in [1.165, 1.54) is 18.2 Å². The van der Waals surface area contributed by atoms with E-state index in [2.05, 4.69) is 12.1 Å². The van der Waals surface area contributed by atoms with Gasteiger partial charge in [-0.1, -0.05) is 47.0 Å². The summed E-state index contributed by atoms with van der Waals surface area (Å²) in [4.78, 5) is 26.0. The number of nitro benzene ring substituents is 1.